The summed E-state index contributed by atoms with van der Waals surface area (Å²) < 4.78 is 30.8. The number of sulfonamides is 1. The fraction of sp³-hybridized carbons (Fsp3) is 0.417. The average molecular weight is 319 g/mol. The first-order valence-corrected chi connectivity index (χ1v) is 7.85. The molecule has 1 heterocycles. The summed E-state index contributed by atoms with van der Waals surface area (Å²) in [6.45, 7) is 1.10. The standard InChI is InChI=1S/C12H15ClN2O4S/c1-19-12(16)14-5-7-15(8-6-14)20(17,18)11-4-2-3-10(13)9-11/h2-4,9H,5-8H2,1H3. The van der Waals surface area contributed by atoms with Gasteiger partial charge in [-0.1, -0.05) is 17.7 Å². The van der Waals surface area contributed by atoms with Crippen LogP contribution in [0.2, 0.25) is 5.02 Å². The van der Waals surface area contributed by atoms with Gasteiger partial charge in [-0.2, -0.15) is 4.31 Å². The molecule has 1 aromatic rings. The number of hydrogen-bond acceptors (Lipinski definition) is 4. The van der Waals surface area contributed by atoms with Gasteiger partial charge in [0.2, 0.25) is 10.0 Å². The van der Waals surface area contributed by atoms with E-state index in [2.05, 4.69) is 4.74 Å². The highest BCUT2D eigenvalue weighted by molar-refractivity contribution is 7.89. The second kappa shape index (κ2) is 5.99. The molecule has 0 atom stereocenters. The Kier molecular flexibility index (Phi) is 4.52. The fourth-order valence-electron chi connectivity index (χ4n) is 2.02. The molecule has 1 saturated heterocycles. The van der Waals surface area contributed by atoms with Crippen molar-refractivity contribution in [1.29, 1.82) is 0 Å². The van der Waals surface area contributed by atoms with Gasteiger partial charge in [0, 0.05) is 31.2 Å². The van der Waals surface area contributed by atoms with Crippen LogP contribution in [0.15, 0.2) is 29.2 Å². The van der Waals surface area contributed by atoms with Gasteiger partial charge in [0.15, 0.2) is 0 Å². The summed E-state index contributed by atoms with van der Waals surface area (Å²) in [4.78, 5) is 13.0. The molecule has 20 heavy (non-hydrogen) atoms. The molecule has 0 unspecified atom stereocenters. The van der Waals surface area contributed by atoms with Crippen LogP contribution < -0.4 is 0 Å². The van der Waals surface area contributed by atoms with Gasteiger partial charge in [-0.3, -0.25) is 0 Å². The summed E-state index contributed by atoms with van der Waals surface area (Å²) in [6, 6.07) is 6.15. The molecular formula is C12H15ClN2O4S. The fourth-order valence-corrected chi connectivity index (χ4v) is 3.74. The van der Waals surface area contributed by atoms with Crippen molar-refractivity contribution < 1.29 is 17.9 Å². The normalized spacial score (nSPS) is 17.0. The molecule has 0 aliphatic carbocycles. The Morgan fingerprint density at radius 2 is 1.90 bits per heavy atom. The molecule has 1 aliphatic rings. The van der Waals surface area contributed by atoms with Gasteiger partial charge in [0.25, 0.3) is 0 Å². The molecular weight excluding hydrogens is 304 g/mol. The third-order valence-corrected chi connectivity index (χ3v) is 5.24. The van der Waals surface area contributed by atoms with Crippen molar-refractivity contribution in [2.24, 2.45) is 0 Å². The summed E-state index contributed by atoms with van der Waals surface area (Å²) in [7, 11) is -2.27. The molecule has 2 rings (SSSR count). The lowest BCUT2D eigenvalue weighted by molar-refractivity contribution is 0.108. The number of amides is 1. The number of hydrogen-bond donors (Lipinski definition) is 0. The van der Waals surface area contributed by atoms with E-state index < -0.39 is 16.1 Å². The van der Waals surface area contributed by atoms with Crippen molar-refractivity contribution in [3.05, 3.63) is 29.3 Å². The minimum atomic E-state index is -3.57. The van der Waals surface area contributed by atoms with Crippen LogP contribution in [0.3, 0.4) is 0 Å². The van der Waals surface area contributed by atoms with E-state index in [0.29, 0.717) is 18.1 Å². The number of carbonyl (C=O) groups is 1. The molecule has 0 aromatic heterocycles. The Balaban J connectivity index is 2.11. The number of carbonyl (C=O) groups excluding carboxylic acids is 1. The van der Waals surface area contributed by atoms with Crippen LogP contribution in [0.25, 0.3) is 0 Å². The van der Waals surface area contributed by atoms with E-state index in [1.807, 2.05) is 0 Å². The minimum absolute atomic E-state index is 0.163. The summed E-state index contributed by atoms with van der Waals surface area (Å²) in [6.07, 6.45) is -0.440. The number of rotatable bonds is 2. The van der Waals surface area contributed by atoms with Gasteiger partial charge in [-0.15, -0.1) is 0 Å². The Morgan fingerprint density at radius 1 is 1.25 bits per heavy atom. The van der Waals surface area contributed by atoms with Gasteiger partial charge in [-0.25, -0.2) is 13.2 Å². The molecule has 1 aliphatic heterocycles. The Labute approximate surface area is 122 Å². The summed E-state index contributed by atoms with van der Waals surface area (Å²) >= 11 is 5.82. The van der Waals surface area contributed by atoms with E-state index in [4.69, 9.17) is 11.6 Å². The molecule has 0 saturated carbocycles. The van der Waals surface area contributed by atoms with Crippen molar-refractivity contribution >= 4 is 27.7 Å². The zero-order valence-corrected chi connectivity index (χ0v) is 12.5. The van der Waals surface area contributed by atoms with Gasteiger partial charge in [0.1, 0.15) is 0 Å². The monoisotopic (exact) mass is 318 g/mol. The maximum Gasteiger partial charge on any atom is 0.409 e. The van der Waals surface area contributed by atoms with Crippen LogP contribution in [-0.2, 0) is 14.8 Å². The third-order valence-electron chi connectivity index (χ3n) is 3.11. The lowest BCUT2D eigenvalue weighted by atomic mass is 10.4. The van der Waals surface area contributed by atoms with Gasteiger partial charge in [-0.05, 0) is 18.2 Å². The first-order valence-electron chi connectivity index (χ1n) is 6.04. The average Bonchev–Trinajstić information content (AvgIpc) is 2.46. The minimum Gasteiger partial charge on any atom is -0.453 e. The predicted molar refractivity (Wildman–Crippen MR) is 74.2 cm³/mol. The number of methoxy groups -OCH3 is 1. The summed E-state index contributed by atoms with van der Waals surface area (Å²) in [5, 5.41) is 0.374. The topological polar surface area (TPSA) is 66.9 Å². The van der Waals surface area contributed by atoms with Crippen LogP contribution in [0, 0.1) is 0 Å². The highest BCUT2D eigenvalue weighted by Crippen LogP contribution is 2.20. The Morgan fingerprint density at radius 3 is 2.45 bits per heavy atom. The van der Waals surface area contributed by atoms with Crippen molar-refractivity contribution in [2.75, 3.05) is 33.3 Å². The molecule has 1 amide bonds. The highest BCUT2D eigenvalue weighted by Gasteiger charge is 2.30. The van der Waals surface area contributed by atoms with Crippen LogP contribution in [-0.4, -0.2) is 57.0 Å². The number of ether oxygens (including phenoxy) is 1. The van der Waals surface area contributed by atoms with Crippen LogP contribution in [0.4, 0.5) is 4.79 Å². The smallest absolute Gasteiger partial charge is 0.409 e. The first kappa shape index (κ1) is 15.1. The second-order valence-electron chi connectivity index (χ2n) is 4.32. The van der Waals surface area contributed by atoms with Gasteiger partial charge < -0.3 is 9.64 Å². The highest BCUT2D eigenvalue weighted by atomic mass is 35.5. The molecule has 6 nitrogen and oxygen atoms in total. The predicted octanol–water partition coefficient (Wildman–Crippen LogP) is 1.41. The largest absolute Gasteiger partial charge is 0.453 e. The number of piperazine rings is 1. The summed E-state index contributed by atoms with van der Waals surface area (Å²) in [5.74, 6) is 0. The maximum atomic E-state index is 12.4. The molecule has 8 heteroatoms. The van der Waals surface area contributed by atoms with Crippen LogP contribution in [0.5, 0.6) is 0 Å². The molecule has 0 spiro atoms. The number of halogens is 1. The lowest BCUT2D eigenvalue weighted by Gasteiger charge is -2.33. The molecule has 1 aromatic carbocycles. The SMILES string of the molecule is COC(=O)N1CCN(S(=O)(=O)c2cccc(Cl)c2)CC1. The van der Waals surface area contributed by atoms with Crippen molar-refractivity contribution in [1.82, 2.24) is 9.21 Å². The Hall–Kier alpha value is -1.31. The van der Waals surface area contributed by atoms with Gasteiger partial charge >= 0.3 is 6.09 Å². The lowest BCUT2D eigenvalue weighted by Crippen LogP contribution is -2.50. The summed E-state index contributed by atoms with van der Waals surface area (Å²) in [5.41, 5.74) is 0. The van der Waals surface area contributed by atoms with Gasteiger partial charge in [0.05, 0.1) is 12.0 Å². The maximum absolute atomic E-state index is 12.4. The van der Waals surface area contributed by atoms with Crippen LogP contribution >= 0.6 is 11.6 Å². The van der Waals surface area contributed by atoms with E-state index >= 15 is 0 Å². The number of benzene rings is 1. The first-order chi connectivity index (χ1) is 9.45. The van der Waals surface area contributed by atoms with Crippen molar-refractivity contribution in [3.63, 3.8) is 0 Å². The van der Waals surface area contributed by atoms with E-state index in [9.17, 15) is 13.2 Å². The molecule has 0 radical (unpaired) electrons. The Bertz CT molecular complexity index is 597. The second-order valence-corrected chi connectivity index (χ2v) is 6.69. The van der Waals surface area contributed by atoms with E-state index in [1.165, 1.54) is 28.4 Å². The zero-order valence-electron chi connectivity index (χ0n) is 11.0. The van der Waals surface area contributed by atoms with Crippen LogP contribution in [0.1, 0.15) is 0 Å². The third kappa shape index (κ3) is 3.05. The number of nitrogens with zero attached hydrogens (tertiary/aromatic N) is 2. The van der Waals surface area contributed by atoms with E-state index in [-0.39, 0.29) is 18.0 Å². The van der Waals surface area contributed by atoms with E-state index in [0.717, 1.165) is 0 Å². The molecule has 1 fully saturated rings. The van der Waals surface area contributed by atoms with Crippen molar-refractivity contribution in [2.45, 2.75) is 4.90 Å². The zero-order chi connectivity index (χ0) is 14.8. The molecule has 0 N–H and O–H groups in total. The van der Waals surface area contributed by atoms with Crippen molar-refractivity contribution in [3.8, 4) is 0 Å². The molecule has 0 bridgehead atoms. The quantitative estimate of drug-likeness (QED) is 0.827. The molecule has 110 valence electrons. The van der Waals surface area contributed by atoms with E-state index in [1.54, 1.807) is 12.1 Å².